The van der Waals surface area contributed by atoms with Gasteiger partial charge in [0, 0.05) is 36.3 Å². The number of hydrogen-bond donors (Lipinski definition) is 0. The van der Waals surface area contributed by atoms with Crippen LogP contribution in [0.2, 0.25) is 0 Å². The lowest BCUT2D eigenvalue weighted by molar-refractivity contribution is 0.0375. The number of benzene rings is 1. The van der Waals surface area contributed by atoms with E-state index in [0.717, 1.165) is 26.3 Å². The van der Waals surface area contributed by atoms with E-state index in [1.807, 2.05) is 0 Å². The van der Waals surface area contributed by atoms with Gasteiger partial charge < -0.3 is 9.64 Å². The molecule has 122 valence electrons. The Bertz CT molecular complexity index is 468. The summed E-state index contributed by atoms with van der Waals surface area (Å²) >= 11 is 3.64. The number of nitrogens with zero attached hydrogens (tertiary/aromatic N) is 2. The van der Waals surface area contributed by atoms with Crippen molar-refractivity contribution >= 4 is 21.6 Å². The molecule has 0 spiro atoms. The van der Waals surface area contributed by atoms with Crippen LogP contribution < -0.4 is 4.90 Å². The van der Waals surface area contributed by atoms with Gasteiger partial charge in [0.25, 0.3) is 0 Å². The van der Waals surface area contributed by atoms with Crippen LogP contribution in [0.1, 0.15) is 31.2 Å². The number of morpholine rings is 1. The van der Waals surface area contributed by atoms with E-state index in [2.05, 4.69) is 43.9 Å². The average Bonchev–Trinajstić information content (AvgIpc) is 2.57. The molecule has 0 aliphatic carbocycles. The van der Waals surface area contributed by atoms with Crippen molar-refractivity contribution in [3.8, 4) is 0 Å². The molecular weight excluding hydrogens is 340 g/mol. The van der Waals surface area contributed by atoms with E-state index >= 15 is 0 Å². The van der Waals surface area contributed by atoms with Gasteiger partial charge in [-0.1, -0.05) is 15.9 Å². The molecular formula is C18H27BrN2O. The third-order valence-electron chi connectivity index (χ3n) is 4.76. The van der Waals surface area contributed by atoms with Crippen LogP contribution in [0.3, 0.4) is 0 Å². The molecule has 2 aliphatic heterocycles. The molecule has 0 saturated carbocycles. The standard InChI is InChI=1S/C18H27BrN2O/c19-17-6-7-18(21-9-2-1-3-10-21)16(15-17)5-4-8-20-11-13-22-14-12-20/h6-7,15H,1-5,8-14H2. The smallest absolute Gasteiger partial charge is 0.0594 e. The number of halogens is 1. The van der Waals surface area contributed by atoms with Crippen LogP contribution in [0.15, 0.2) is 22.7 Å². The molecule has 2 heterocycles. The van der Waals surface area contributed by atoms with Crippen molar-refractivity contribution in [3.05, 3.63) is 28.2 Å². The lowest BCUT2D eigenvalue weighted by Gasteiger charge is -2.31. The summed E-state index contributed by atoms with van der Waals surface area (Å²) < 4.78 is 6.63. The van der Waals surface area contributed by atoms with Crippen molar-refractivity contribution in [1.29, 1.82) is 0 Å². The molecule has 1 aromatic rings. The highest BCUT2D eigenvalue weighted by atomic mass is 79.9. The number of hydrogen-bond acceptors (Lipinski definition) is 3. The zero-order chi connectivity index (χ0) is 15.2. The molecule has 1 aromatic carbocycles. The molecule has 0 aromatic heterocycles. The maximum absolute atomic E-state index is 5.42. The highest BCUT2D eigenvalue weighted by Crippen LogP contribution is 2.28. The summed E-state index contributed by atoms with van der Waals surface area (Å²) in [5.74, 6) is 0. The summed E-state index contributed by atoms with van der Waals surface area (Å²) in [6.07, 6.45) is 6.46. The molecule has 3 nitrogen and oxygen atoms in total. The minimum Gasteiger partial charge on any atom is -0.379 e. The summed E-state index contributed by atoms with van der Waals surface area (Å²) in [6, 6.07) is 6.82. The van der Waals surface area contributed by atoms with Gasteiger partial charge in [-0.3, -0.25) is 4.90 Å². The van der Waals surface area contributed by atoms with E-state index in [1.165, 1.54) is 67.5 Å². The number of ether oxygens (including phenoxy) is 1. The summed E-state index contributed by atoms with van der Waals surface area (Å²) in [5.41, 5.74) is 2.97. The fraction of sp³-hybridized carbons (Fsp3) is 0.667. The molecule has 3 rings (SSSR count). The van der Waals surface area contributed by atoms with Gasteiger partial charge in [0.05, 0.1) is 13.2 Å². The quantitative estimate of drug-likeness (QED) is 0.789. The summed E-state index contributed by atoms with van der Waals surface area (Å²) in [4.78, 5) is 5.11. The van der Waals surface area contributed by atoms with Crippen LogP contribution in [-0.4, -0.2) is 50.8 Å². The van der Waals surface area contributed by atoms with E-state index in [1.54, 1.807) is 0 Å². The van der Waals surface area contributed by atoms with Crippen LogP contribution >= 0.6 is 15.9 Å². The highest BCUT2D eigenvalue weighted by Gasteiger charge is 2.15. The Morgan fingerprint density at radius 1 is 1.00 bits per heavy atom. The second-order valence-corrected chi connectivity index (χ2v) is 7.29. The van der Waals surface area contributed by atoms with E-state index in [-0.39, 0.29) is 0 Å². The topological polar surface area (TPSA) is 15.7 Å². The molecule has 4 heteroatoms. The number of rotatable bonds is 5. The molecule has 2 saturated heterocycles. The van der Waals surface area contributed by atoms with Gasteiger partial charge in [-0.2, -0.15) is 0 Å². The summed E-state index contributed by atoms with van der Waals surface area (Å²) in [6.45, 7) is 7.62. The first-order valence-electron chi connectivity index (χ1n) is 8.66. The van der Waals surface area contributed by atoms with Crippen LogP contribution in [0.25, 0.3) is 0 Å². The molecule has 0 atom stereocenters. The lowest BCUT2D eigenvalue weighted by Crippen LogP contribution is -2.37. The molecule has 0 N–H and O–H groups in total. The Hall–Kier alpha value is -0.580. The van der Waals surface area contributed by atoms with Gasteiger partial charge in [0.15, 0.2) is 0 Å². The van der Waals surface area contributed by atoms with Gasteiger partial charge in [0.2, 0.25) is 0 Å². The van der Waals surface area contributed by atoms with Gasteiger partial charge in [0.1, 0.15) is 0 Å². The van der Waals surface area contributed by atoms with E-state index in [4.69, 9.17) is 4.74 Å². The van der Waals surface area contributed by atoms with Crippen molar-refractivity contribution < 1.29 is 4.74 Å². The minimum atomic E-state index is 0.899. The predicted molar refractivity (Wildman–Crippen MR) is 95.8 cm³/mol. The molecule has 2 aliphatic rings. The summed E-state index contributed by atoms with van der Waals surface area (Å²) in [5, 5.41) is 0. The first-order chi connectivity index (χ1) is 10.8. The molecule has 0 bridgehead atoms. The number of aryl methyl sites for hydroxylation is 1. The van der Waals surface area contributed by atoms with Crippen molar-refractivity contribution in [2.24, 2.45) is 0 Å². The fourth-order valence-corrected chi connectivity index (χ4v) is 3.92. The van der Waals surface area contributed by atoms with E-state index in [0.29, 0.717) is 0 Å². The third kappa shape index (κ3) is 4.46. The maximum atomic E-state index is 5.42. The predicted octanol–water partition coefficient (Wildman–Crippen LogP) is 3.70. The lowest BCUT2D eigenvalue weighted by atomic mass is 10.0. The summed E-state index contributed by atoms with van der Waals surface area (Å²) in [7, 11) is 0. The van der Waals surface area contributed by atoms with Crippen LogP contribution in [0.5, 0.6) is 0 Å². The van der Waals surface area contributed by atoms with Crippen LogP contribution in [0, 0.1) is 0 Å². The van der Waals surface area contributed by atoms with Crippen molar-refractivity contribution in [3.63, 3.8) is 0 Å². The monoisotopic (exact) mass is 366 g/mol. The highest BCUT2D eigenvalue weighted by molar-refractivity contribution is 9.10. The van der Waals surface area contributed by atoms with Crippen molar-refractivity contribution in [2.45, 2.75) is 32.1 Å². The van der Waals surface area contributed by atoms with Gasteiger partial charge >= 0.3 is 0 Å². The van der Waals surface area contributed by atoms with Crippen LogP contribution in [0.4, 0.5) is 5.69 Å². The van der Waals surface area contributed by atoms with Gasteiger partial charge in [-0.05, 0) is 62.4 Å². The Morgan fingerprint density at radius 2 is 1.77 bits per heavy atom. The third-order valence-corrected chi connectivity index (χ3v) is 5.26. The molecule has 0 unspecified atom stereocenters. The SMILES string of the molecule is Brc1ccc(N2CCCCC2)c(CCCN2CCOCC2)c1. The zero-order valence-electron chi connectivity index (χ0n) is 13.4. The van der Waals surface area contributed by atoms with Crippen molar-refractivity contribution in [2.75, 3.05) is 50.8 Å². The molecule has 0 radical (unpaired) electrons. The Kier molecular flexibility index (Phi) is 6.16. The fourth-order valence-electron chi connectivity index (χ4n) is 3.52. The first kappa shape index (κ1) is 16.3. The first-order valence-corrected chi connectivity index (χ1v) is 9.46. The average molecular weight is 367 g/mol. The molecule has 2 fully saturated rings. The zero-order valence-corrected chi connectivity index (χ0v) is 15.0. The molecule has 22 heavy (non-hydrogen) atoms. The van der Waals surface area contributed by atoms with Gasteiger partial charge in [-0.25, -0.2) is 0 Å². The normalized spacial score (nSPS) is 20.3. The second-order valence-electron chi connectivity index (χ2n) is 6.38. The van der Waals surface area contributed by atoms with E-state index in [9.17, 15) is 0 Å². The minimum absolute atomic E-state index is 0.899. The molecule has 0 amide bonds. The number of piperidine rings is 1. The largest absolute Gasteiger partial charge is 0.379 e. The van der Waals surface area contributed by atoms with Gasteiger partial charge in [-0.15, -0.1) is 0 Å². The van der Waals surface area contributed by atoms with E-state index < -0.39 is 0 Å². The van der Waals surface area contributed by atoms with Crippen molar-refractivity contribution in [1.82, 2.24) is 4.90 Å². The Labute approximate surface area is 142 Å². The number of anilines is 1. The maximum Gasteiger partial charge on any atom is 0.0594 e. The Morgan fingerprint density at radius 3 is 2.55 bits per heavy atom. The Balaban J connectivity index is 1.59. The second kappa shape index (κ2) is 8.32. The van der Waals surface area contributed by atoms with Crippen LogP contribution in [-0.2, 0) is 11.2 Å².